The maximum Gasteiger partial charge on any atom is 0.255 e. The molecule has 1 N–H and O–H groups in total. The second-order valence-corrected chi connectivity index (χ2v) is 8.79. The fourth-order valence-corrected chi connectivity index (χ4v) is 4.47. The van der Waals surface area contributed by atoms with Gasteiger partial charge >= 0.3 is 0 Å². The standard InChI is InChI=1S/C25H25ClN2O3/c1-15-3-9-22(26)18(11-15)13-20(29)7-5-17-6-8-21-19(12-17)14-28(25(21)31)23-10-4-16(2)27-24(23)30/h3,6,8-9,11-12,23H,2,4-5,7,10,13-14H2,1H3,(H,27,30). The van der Waals surface area contributed by atoms with Crippen molar-refractivity contribution in [2.75, 3.05) is 0 Å². The lowest BCUT2D eigenvalue weighted by atomic mass is 9.99. The van der Waals surface area contributed by atoms with Crippen LogP contribution in [0.25, 0.3) is 0 Å². The molecule has 5 nitrogen and oxygen atoms in total. The lowest BCUT2D eigenvalue weighted by Gasteiger charge is -2.30. The minimum atomic E-state index is -0.463. The summed E-state index contributed by atoms with van der Waals surface area (Å²) >= 11 is 6.21. The van der Waals surface area contributed by atoms with Gasteiger partial charge in [0.05, 0.1) is 0 Å². The number of rotatable bonds is 6. The second-order valence-electron chi connectivity index (χ2n) is 8.38. The van der Waals surface area contributed by atoms with Crippen LogP contribution in [0.1, 0.15) is 51.9 Å². The van der Waals surface area contributed by atoms with Gasteiger partial charge in [-0.25, -0.2) is 0 Å². The van der Waals surface area contributed by atoms with Crippen molar-refractivity contribution in [3.8, 4) is 0 Å². The third-order valence-electron chi connectivity index (χ3n) is 5.98. The molecule has 4 rings (SSSR count). The lowest BCUT2D eigenvalue weighted by Crippen LogP contribution is -2.49. The molecule has 1 atom stereocenters. The Morgan fingerprint density at radius 3 is 2.81 bits per heavy atom. The first-order valence-electron chi connectivity index (χ1n) is 10.5. The molecule has 0 saturated carbocycles. The summed E-state index contributed by atoms with van der Waals surface area (Å²) in [4.78, 5) is 39.3. The molecule has 2 aliphatic rings. The van der Waals surface area contributed by atoms with Crippen LogP contribution in [0.4, 0.5) is 0 Å². The van der Waals surface area contributed by atoms with E-state index in [0.29, 0.717) is 54.9 Å². The molecule has 0 aliphatic carbocycles. The number of amides is 2. The van der Waals surface area contributed by atoms with Crippen LogP contribution in [0.5, 0.6) is 0 Å². The SMILES string of the molecule is C=C1CCC(N2Cc3cc(CCC(=O)Cc4cc(C)ccc4Cl)ccc3C2=O)C(=O)N1. The molecule has 1 fully saturated rings. The number of carbonyl (C=O) groups is 3. The summed E-state index contributed by atoms with van der Waals surface area (Å²) in [6.45, 7) is 6.19. The first kappa shape index (κ1) is 21.3. The number of piperidine rings is 1. The predicted octanol–water partition coefficient (Wildman–Crippen LogP) is 4.14. The Bertz CT molecular complexity index is 1090. The van der Waals surface area contributed by atoms with Crippen molar-refractivity contribution >= 4 is 29.2 Å². The Balaban J connectivity index is 1.39. The molecule has 0 bridgehead atoms. The van der Waals surface area contributed by atoms with Crippen LogP contribution >= 0.6 is 11.6 Å². The number of allylic oxidation sites excluding steroid dienone is 1. The smallest absolute Gasteiger partial charge is 0.255 e. The molecule has 1 unspecified atom stereocenters. The topological polar surface area (TPSA) is 66.5 Å². The number of nitrogens with zero attached hydrogens (tertiary/aromatic N) is 1. The Morgan fingerprint density at radius 2 is 2.03 bits per heavy atom. The van der Waals surface area contributed by atoms with E-state index in [-0.39, 0.29) is 17.6 Å². The van der Waals surface area contributed by atoms with Gasteiger partial charge in [-0.2, -0.15) is 0 Å². The van der Waals surface area contributed by atoms with Crippen LogP contribution < -0.4 is 5.32 Å². The van der Waals surface area contributed by atoms with Crippen molar-refractivity contribution in [1.82, 2.24) is 10.2 Å². The molecule has 2 aromatic rings. The monoisotopic (exact) mass is 436 g/mol. The van der Waals surface area contributed by atoms with Crippen LogP contribution in [0, 0.1) is 6.92 Å². The zero-order chi connectivity index (χ0) is 22.1. The molecule has 160 valence electrons. The molecule has 31 heavy (non-hydrogen) atoms. The minimum absolute atomic E-state index is 0.112. The summed E-state index contributed by atoms with van der Waals surface area (Å²) in [6, 6.07) is 10.9. The highest BCUT2D eigenvalue weighted by Gasteiger charge is 2.38. The van der Waals surface area contributed by atoms with Gasteiger partial charge in [-0.3, -0.25) is 14.4 Å². The molecule has 2 aromatic carbocycles. The summed E-state index contributed by atoms with van der Waals surface area (Å²) in [5.41, 5.74) is 5.20. The molecule has 0 radical (unpaired) electrons. The van der Waals surface area contributed by atoms with Gasteiger partial charge < -0.3 is 10.2 Å². The summed E-state index contributed by atoms with van der Waals surface area (Å²) in [5, 5.41) is 3.37. The molecule has 2 amide bonds. The fraction of sp³-hybridized carbons (Fsp3) is 0.320. The van der Waals surface area contributed by atoms with Crippen LogP contribution in [0.3, 0.4) is 0 Å². The van der Waals surface area contributed by atoms with Crippen molar-refractivity contribution in [3.63, 3.8) is 0 Å². The van der Waals surface area contributed by atoms with E-state index in [2.05, 4.69) is 11.9 Å². The van der Waals surface area contributed by atoms with Crippen LogP contribution in [-0.2, 0) is 29.0 Å². The van der Waals surface area contributed by atoms with Gasteiger partial charge in [0.1, 0.15) is 11.8 Å². The summed E-state index contributed by atoms with van der Waals surface area (Å²) in [6.07, 6.45) is 2.60. The lowest BCUT2D eigenvalue weighted by molar-refractivity contribution is -0.126. The van der Waals surface area contributed by atoms with Crippen LogP contribution in [-0.4, -0.2) is 28.5 Å². The van der Waals surface area contributed by atoms with Crippen LogP contribution in [0.15, 0.2) is 48.7 Å². The van der Waals surface area contributed by atoms with Crippen molar-refractivity contribution < 1.29 is 14.4 Å². The number of carbonyl (C=O) groups excluding carboxylic acids is 3. The van der Waals surface area contributed by atoms with Gasteiger partial charge in [0.15, 0.2) is 0 Å². The number of aryl methyl sites for hydroxylation is 2. The number of nitrogens with one attached hydrogen (secondary N) is 1. The molecular weight excluding hydrogens is 412 g/mol. The second kappa shape index (κ2) is 8.67. The largest absolute Gasteiger partial charge is 0.329 e. The first-order chi connectivity index (χ1) is 14.8. The van der Waals surface area contributed by atoms with E-state index in [1.807, 2.05) is 43.3 Å². The van der Waals surface area contributed by atoms with Gasteiger partial charge in [-0.1, -0.05) is 48.0 Å². The first-order valence-corrected chi connectivity index (χ1v) is 10.9. The number of Topliss-reactive ketones (excluding diaryl/α,β-unsaturated/α-hetero) is 1. The van der Waals surface area contributed by atoms with Crippen molar-refractivity contribution in [3.05, 3.63) is 81.5 Å². The summed E-state index contributed by atoms with van der Waals surface area (Å²) < 4.78 is 0. The highest BCUT2D eigenvalue weighted by molar-refractivity contribution is 6.31. The van der Waals surface area contributed by atoms with E-state index < -0.39 is 6.04 Å². The average molecular weight is 437 g/mol. The Hall–Kier alpha value is -2.92. The Kier molecular flexibility index (Phi) is 5.96. The van der Waals surface area contributed by atoms with Gasteiger partial charge in [-0.05, 0) is 55.0 Å². The number of benzene rings is 2. The molecule has 2 aliphatic heterocycles. The zero-order valence-electron chi connectivity index (χ0n) is 17.5. The number of hydrogen-bond acceptors (Lipinski definition) is 3. The van der Waals surface area contributed by atoms with E-state index in [9.17, 15) is 14.4 Å². The number of ketones is 1. The zero-order valence-corrected chi connectivity index (χ0v) is 18.3. The van der Waals surface area contributed by atoms with Crippen LogP contribution in [0.2, 0.25) is 5.02 Å². The quantitative estimate of drug-likeness (QED) is 0.740. The highest BCUT2D eigenvalue weighted by atomic mass is 35.5. The molecule has 6 heteroatoms. The Morgan fingerprint density at radius 1 is 1.23 bits per heavy atom. The van der Waals surface area contributed by atoms with Gasteiger partial charge in [-0.15, -0.1) is 0 Å². The molecular formula is C25H25ClN2O3. The van der Waals surface area contributed by atoms with Crippen molar-refractivity contribution in [2.45, 2.75) is 51.6 Å². The Labute approximate surface area is 187 Å². The van der Waals surface area contributed by atoms with Gasteiger partial charge in [0.25, 0.3) is 5.91 Å². The number of hydrogen-bond donors (Lipinski definition) is 1. The molecule has 2 heterocycles. The molecule has 0 spiro atoms. The number of fused-ring (bicyclic) bond motifs is 1. The van der Waals surface area contributed by atoms with E-state index in [1.165, 1.54) is 0 Å². The normalized spacial score (nSPS) is 18.2. The van der Waals surface area contributed by atoms with Crippen molar-refractivity contribution in [2.24, 2.45) is 0 Å². The van der Waals surface area contributed by atoms with E-state index in [0.717, 1.165) is 22.3 Å². The summed E-state index contributed by atoms with van der Waals surface area (Å²) in [5.74, 6) is -0.151. The predicted molar refractivity (Wildman–Crippen MR) is 120 cm³/mol. The van der Waals surface area contributed by atoms with E-state index in [1.54, 1.807) is 4.90 Å². The fourth-order valence-electron chi connectivity index (χ4n) is 4.29. The summed E-state index contributed by atoms with van der Waals surface area (Å²) in [7, 11) is 0. The maximum absolute atomic E-state index is 12.8. The molecule has 0 aromatic heterocycles. The van der Waals surface area contributed by atoms with Crippen molar-refractivity contribution in [1.29, 1.82) is 0 Å². The minimum Gasteiger partial charge on any atom is -0.329 e. The highest BCUT2D eigenvalue weighted by Crippen LogP contribution is 2.29. The van der Waals surface area contributed by atoms with Gasteiger partial charge in [0.2, 0.25) is 5.91 Å². The molecule has 1 saturated heterocycles. The third kappa shape index (κ3) is 4.57. The average Bonchev–Trinajstić information content (AvgIpc) is 3.05. The third-order valence-corrected chi connectivity index (χ3v) is 6.35. The number of halogens is 1. The van der Waals surface area contributed by atoms with E-state index >= 15 is 0 Å². The van der Waals surface area contributed by atoms with Gasteiger partial charge in [0, 0.05) is 35.7 Å². The van der Waals surface area contributed by atoms with E-state index in [4.69, 9.17) is 11.6 Å². The maximum atomic E-state index is 12.8.